The van der Waals surface area contributed by atoms with Crippen LogP contribution >= 0.6 is 24.0 Å². The lowest BCUT2D eigenvalue weighted by atomic mass is 10.1. The molecule has 0 spiro atoms. The van der Waals surface area contributed by atoms with Crippen molar-refractivity contribution in [2.75, 3.05) is 25.0 Å². The van der Waals surface area contributed by atoms with Crippen LogP contribution in [0.1, 0.15) is 38.7 Å². The number of hydrazone groups is 1. The Morgan fingerprint density at radius 3 is 2.85 bits per heavy atom. The van der Waals surface area contributed by atoms with Crippen LogP contribution in [0.4, 0.5) is 5.69 Å². The lowest BCUT2D eigenvalue weighted by Gasteiger charge is -2.12. The van der Waals surface area contributed by atoms with Gasteiger partial charge in [0.2, 0.25) is 0 Å². The minimum Gasteiger partial charge on any atom is -0.376 e. The topological polar surface area (TPSA) is 70.0 Å². The number of nitrogens with zero attached hydrogens (tertiary/aromatic N) is 2. The highest BCUT2D eigenvalue weighted by atomic mass is 32.2. The summed E-state index contributed by atoms with van der Waals surface area (Å²) in [5.41, 5.74) is 5.86. The number of thioether (sulfide) groups is 1. The van der Waals surface area contributed by atoms with E-state index in [1.54, 1.807) is 0 Å². The molecule has 1 aromatic carbocycles. The Bertz CT molecular complexity index is 699. The van der Waals surface area contributed by atoms with E-state index in [1.165, 1.54) is 0 Å². The molecule has 6 nitrogen and oxygen atoms in total. The first-order chi connectivity index (χ1) is 13.1. The summed E-state index contributed by atoms with van der Waals surface area (Å²) >= 11 is 7.08. The molecule has 146 valence electrons. The zero-order valence-electron chi connectivity index (χ0n) is 15.8. The Balaban J connectivity index is 1.45. The predicted molar refractivity (Wildman–Crippen MR) is 119 cm³/mol. The molecule has 3 rings (SSSR count). The third-order valence-electron chi connectivity index (χ3n) is 4.57. The highest BCUT2D eigenvalue weighted by molar-refractivity contribution is 8.15. The first kappa shape index (κ1) is 20.1. The molecule has 0 radical (unpaired) electrons. The third kappa shape index (κ3) is 6.19. The SMILES string of the molecule is CC[C@@H]1CN=C(Nc2ccc(/C(C)=N\NC(=S)NC[C@@H]3CCCO3)cc2)S1. The van der Waals surface area contributed by atoms with Crippen molar-refractivity contribution in [1.29, 1.82) is 0 Å². The normalized spacial score (nSPS) is 22.4. The second-order valence-corrected chi connectivity index (χ2v) is 8.35. The summed E-state index contributed by atoms with van der Waals surface area (Å²) in [5.74, 6) is 0. The molecule has 2 aliphatic heterocycles. The minimum atomic E-state index is 0.255. The molecule has 2 heterocycles. The first-order valence-electron chi connectivity index (χ1n) is 9.42. The van der Waals surface area contributed by atoms with Gasteiger partial charge in [-0.25, -0.2) is 0 Å². The van der Waals surface area contributed by atoms with Gasteiger partial charge in [-0.1, -0.05) is 30.8 Å². The monoisotopic (exact) mass is 405 g/mol. The van der Waals surface area contributed by atoms with Gasteiger partial charge in [-0.3, -0.25) is 10.4 Å². The van der Waals surface area contributed by atoms with Gasteiger partial charge in [-0.15, -0.1) is 0 Å². The predicted octanol–water partition coefficient (Wildman–Crippen LogP) is 3.35. The Labute approximate surface area is 170 Å². The van der Waals surface area contributed by atoms with Gasteiger partial charge in [-0.2, -0.15) is 5.10 Å². The van der Waals surface area contributed by atoms with E-state index in [2.05, 4.69) is 33.1 Å². The van der Waals surface area contributed by atoms with E-state index in [0.717, 1.165) is 61.1 Å². The van der Waals surface area contributed by atoms with E-state index >= 15 is 0 Å². The number of thiocarbonyl (C=S) groups is 1. The van der Waals surface area contributed by atoms with E-state index in [-0.39, 0.29) is 6.10 Å². The van der Waals surface area contributed by atoms with Crippen LogP contribution in [0.3, 0.4) is 0 Å². The van der Waals surface area contributed by atoms with Crippen LogP contribution in [0.5, 0.6) is 0 Å². The van der Waals surface area contributed by atoms with Crippen LogP contribution < -0.4 is 16.1 Å². The van der Waals surface area contributed by atoms with Gasteiger partial charge in [0, 0.05) is 24.1 Å². The van der Waals surface area contributed by atoms with Crippen molar-refractivity contribution < 1.29 is 4.74 Å². The minimum absolute atomic E-state index is 0.255. The van der Waals surface area contributed by atoms with Gasteiger partial charge < -0.3 is 15.4 Å². The van der Waals surface area contributed by atoms with Crippen molar-refractivity contribution >= 4 is 45.7 Å². The van der Waals surface area contributed by atoms with Crippen molar-refractivity contribution in [2.45, 2.75) is 44.5 Å². The van der Waals surface area contributed by atoms with Crippen molar-refractivity contribution in [2.24, 2.45) is 10.1 Å². The van der Waals surface area contributed by atoms with E-state index in [0.29, 0.717) is 10.4 Å². The van der Waals surface area contributed by atoms with Crippen LogP contribution in [0.15, 0.2) is 34.4 Å². The zero-order valence-corrected chi connectivity index (χ0v) is 17.5. The van der Waals surface area contributed by atoms with Gasteiger partial charge in [-0.05, 0) is 56.1 Å². The van der Waals surface area contributed by atoms with Gasteiger partial charge in [0.15, 0.2) is 10.3 Å². The molecule has 0 bridgehead atoms. The largest absolute Gasteiger partial charge is 0.376 e. The second kappa shape index (κ2) is 10.1. The molecule has 0 amide bonds. The van der Waals surface area contributed by atoms with Crippen LogP contribution in [0, 0.1) is 0 Å². The summed E-state index contributed by atoms with van der Waals surface area (Å²) in [6.07, 6.45) is 3.61. The smallest absolute Gasteiger partial charge is 0.187 e. The van der Waals surface area contributed by atoms with Gasteiger partial charge in [0.1, 0.15) is 0 Å². The number of aliphatic imine (C=N–C) groups is 1. The molecule has 8 heteroatoms. The van der Waals surface area contributed by atoms with Gasteiger partial charge in [0.25, 0.3) is 0 Å². The Kier molecular flexibility index (Phi) is 7.49. The molecule has 1 saturated heterocycles. The molecular formula is C19H27N5OS2. The quantitative estimate of drug-likeness (QED) is 0.383. The lowest BCUT2D eigenvalue weighted by molar-refractivity contribution is 0.114. The number of benzene rings is 1. The van der Waals surface area contributed by atoms with Crippen LogP contribution in [0.25, 0.3) is 0 Å². The molecule has 2 atom stereocenters. The fourth-order valence-electron chi connectivity index (χ4n) is 2.87. The number of rotatable bonds is 6. The number of nitrogens with one attached hydrogen (secondary N) is 3. The molecule has 2 aliphatic rings. The highest BCUT2D eigenvalue weighted by Crippen LogP contribution is 2.24. The number of hydrogen-bond acceptors (Lipinski definition) is 6. The van der Waals surface area contributed by atoms with Crippen molar-refractivity contribution in [1.82, 2.24) is 10.7 Å². The van der Waals surface area contributed by atoms with E-state index in [1.807, 2.05) is 43.0 Å². The molecular weight excluding hydrogens is 378 g/mol. The van der Waals surface area contributed by atoms with Crippen molar-refractivity contribution in [3.8, 4) is 0 Å². The first-order valence-corrected chi connectivity index (χ1v) is 10.7. The number of ether oxygens (including phenoxy) is 1. The van der Waals surface area contributed by atoms with Gasteiger partial charge in [0.05, 0.1) is 18.4 Å². The average Bonchev–Trinajstić information content (AvgIpc) is 3.36. The number of amidine groups is 1. The summed E-state index contributed by atoms with van der Waals surface area (Å²) in [7, 11) is 0. The van der Waals surface area contributed by atoms with Crippen LogP contribution in [-0.2, 0) is 4.74 Å². The molecule has 0 aromatic heterocycles. The summed E-state index contributed by atoms with van der Waals surface area (Å²) in [6.45, 7) is 6.63. The molecule has 1 aromatic rings. The summed E-state index contributed by atoms with van der Waals surface area (Å²) in [4.78, 5) is 4.54. The molecule has 0 saturated carbocycles. The fraction of sp³-hybridized carbons (Fsp3) is 0.526. The summed E-state index contributed by atoms with van der Waals surface area (Å²) in [5, 5.41) is 13.0. The fourth-order valence-corrected chi connectivity index (χ4v) is 3.95. The Hall–Kier alpha value is -1.64. The molecule has 0 unspecified atom stereocenters. The summed E-state index contributed by atoms with van der Waals surface area (Å²) in [6, 6.07) is 8.18. The van der Waals surface area contributed by atoms with Crippen LogP contribution in [-0.4, -0.2) is 47.0 Å². The molecule has 1 fully saturated rings. The van der Waals surface area contributed by atoms with Crippen molar-refractivity contribution in [3.05, 3.63) is 29.8 Å². The van der Waals surface area contributed by atoms with E-state index in [4.69, 9.17) is 17.0 Å². The zero-order chi connectivity index (χ0) is 19.1. The van der Waals surface area contributed by atoms with E-state index < -0.39 is 0 Å². The maximum absolute atomic E-state index is 5.57. The molecule has 3 N–H and O–H groups in total. The average molecular weight is 406 g/mol. The second-order valence-electron chi connectivity index (χ2n) is 6.65. The third-order valence-corrected chi connectivity index (χ3v) is 6.07. The number of hydrogen-bond donors (Lipinski definition) is 3. The molecule has 0 aliphatic carbocycles. The Morgan fingerprint density at radius 1 is 1.37 bits per heavy atom. The van der Waals surface area contributed by atoms with Crippen LogP contribution in [0.2, 0.25) is 0 Å². The van der Waals surface area contributed by atoms with Crippen molar-refractivity contribution in [3.63, 3.8) is 0 Å². The van der Waals surface area contributed by atoms with E-state index in [9.17, 15) is 0 Å². The standard InChI is InChI=1S/C19H27N5OS2/c1-3-17-12-21-19(27-17)22-15-8-6-14(7-9-15)13(2)23-24-18(26)20-11-16-5-4-10-25-16/h6-9,16-17H,3-5,10-12H2,1-2H3,(H,21,22)(H2,20,24,26)/b23-13-/t16-,17+/m0/s1. The highest BCUT2D eigenvalue weighted by Gasteiger charge is 2.17. The maximum Gasteiger partial charge on any atom is 0.187 e. The van der Waals surface area contributed by atoms with Gasteiger partial charge >= 0.3 is 0 Å². The lowest BCUT2D eigenvalue weighted by Crippen LogP contribution is -2.37. The molecule has 27 heavy (non-hydrogen) atoms. The Morgan fingerprint density at radius 2 is 2.19 bits per heavy atom. The maximum atomic E-state index is 5.57. The number of anilines is 1. The summed E-state index contributed by atoms with van der Waals surface area (Å²) < 4.78 is 5.57.